The van der Waals surface area contributed by atoms with Crippen LogP contribution in [0.4, 0.5) is 11.4 Å². The summed E-state index contributed by atoms with van der Waals surface area (Å²) in [5.41, 5.74) is 1.64. The molecule has 0 heterocycles. The quantitative estimate of drug-likeness (QED) is 0.840. The van der Waals surface area contributed by atoms with Crippen LogP contribution in [0.2, 0.25) is 0 Å². The average molecular weight is 342 g/mol. The van der Waals surface area contributed by atoms with Gasteiger partial charge in [-0.1, -0.05) is 18.2 Å². The number of carboxylic acids is 1. The van der Waals surface area contributed by atoms with Crippen molar-refractivity contribution in [3.8, 4) is 5.75 Å². The standard InChI is InChI=1S/C19H22N2O4/c1-12(2)21(3)16-11-6-5-10-15(16)20-18(22)13-8-7-9-14(19(23)24)17(13)25-4/h5-12H,1-4H3,(H,20,22)(H,23,24). The van der Waals surface area contributed by atoms with E-state index in [2.05, 4.69) is 19.2 Å². The first-order valence-electron chi connectivity index (χ1n) is 7.90. The largest absolute Gasteiger partial charge is 0.495 e. The summed E-state index contributed by atoms with van der Waals surface area (Å²) in [5, 5.41) is 12.1. The monoisotopic (exact) mass is 342 g/mol. The minimum atomic E-state index is -1.15. The Bertz CT molecular complexity index is 787. The summed E-state index contributed by atoms with van der Waals surface area (Å²) >= 11 is 0. The molecule has 0 atom stereocenters. The third-order valence-corrected chi connectivity index (χ3v) is 4.00. The van der Waals surface area contributed by atoms with E-state index in [1.807, 2.05) is 30.1 Å². The Balaban J connectivity index is 2.39. The first-order chi connectivity index (χ1) is 11.9. The predicted molar refractivity (Wildman–Crippen MR) is 97.9 cm³/mol. The summed E-state index contributed by atoms with van der Waals surface area (Å²) in [7, 11) is 3.29. The van der Waals surface area contributed by atoms with Crippen molar-refractivity contribution >= 4 is 23.3 Å². The molecule has 2 N–H and O–H groups in total. The Labute approximate surface area is 147 Å². The van der Waals surface area contributed by atoms with Crippen molar-refractivity contribution in [1.29, 1.82) is 0 Å². The molecule has 6 nitrogen and oxygen atoms in total. The second-order valence-electron chi connectivity index (χ2n) is 5.87. The van der Waals surface area contributed by atoms with Crippen molar-refractivity contribution in [3.05, 3.63) is 53.6 Å². The van der Waals surface area contributed by atoms with Gasteiger partial charge in [0.2, 0.25) is 0 Å². The number of amides is 1. The zero-order valence-electron chi connectivity index (χ0n) is 14.7. The Kier molecular flexibility index (Phi) is 5.64. The molecule has 6 heteroatoms. The van der Waals surface area contributed by atoms with Crippen LogP contribution in [0.5, 0.6) is 5.75 Å². The van der Waals surface area contributed by atoms with E-state index in [4.69, 9.17) is 4.74 Å². The van der Waals surface area contributed by atoms with Crippen LogP contribution in [-0.4, -0.2) is 37.2 Å². The van der Waals surface area contributed by atoms with Crippen LogP contribution in [0.15, 0.2) is 42.5 Å². The second kappa shape index (κ2) is 7.70. The van der Waals surface area contributed by atoms with Crippen molar-refractivity contribution in [1.82, 2.24) is 0 Å². The number of aromatic carboxylic acids is 1. The van der Waals surface area contributed by atoms with Crippen LogP contribution >= 0.6 is 0 Å². The highest BCUT2D eigenvalue weighted by Gasteiger charge is 2.20. The second-order valence-corrected chi connectivity index (χ2v) is 5.87. The number of nitrogens with zero attached hydrogens (tertiary/aromatic N) is 1. The lowest BCUT2D eigenvalue weighted by Gasteiger charge is -2.26. The fourth-order valence-corrected chi connectivity index (χ4v) is 2.46. The van der Waals surface area contributed by atoms with Crippen molar-refractivity contribution in [2.45, 2.75) is 19.9 Å². The summed E-state index contributed by atoms with van der Waals surface area (Å²) in [5.74, 6) is -1.53. The molecule has 2 aromatic carbocycles. The van der Waals surface area contributed by atoms with Crippen LogP contribution in [0.25, 0.3) is 0 Å². The maximum atomic E-state index is 12.7. The lowest BCUT2D eigenvalue weighted by atomic mass is 10.1. The number of methoxy groups -OCH3 is 1. The van der Waals surface area contributed by atoms with E-state index in [0.29, 0.717) is 5.69 Å². The maximum absolute atomic E-state index is 12.7. The molecule has 2 aromatic rings. The average Bonchev–Trinajstić information content (AvgIpc) is 2.60. The third kappa shape index (κ3) is 3.91. The van der Waals surface area contributed by atoms with E-state index in [1.165, 1.54) is 25.3 Å². The number of para-hydroxylation sites is 3. The van der Waals surface area contributed by atoms with E-state index >= 15 is 0 Å². The van der Waals surface area contributed by atoms with Gasteiger partial charge in [-0.3, -0.25) is 4.79 Å². The topological polar surface area (TPSA) is 78.9 Å². The number of benzene rings is 2. The Morgan fingerprint density at radius 1 is 1.08 bits per heavy atom. The molecule has 0 aliphatic heterocycles. The van der Waals surface area contributed by atoms with Crippen molar-refractivity contribution < 1.29 is 19.4 Å². The SMILES string of the molecule is COc1c(C(=O)O)cccc1C(=O)Nc1ccccc1N(C)C(C)C. The van der Waals surface area contributed by atoms with Gasteiger partial charge in [0.05, 0.1) is 24.0 Å². The normalized spacial score (nSPS) is 10.4. The fourth-order valence-electron chi connectivity index (χ4n) is 2.46. The Hall–Kier alpha value is -3.02. The molecule has 0 unspecified atom stereocenters. The van der Waals surface area contributed by atoms with Gasteiger partial charge in [-0.05, 0) is 38.1 Å². The van der Waals surface area contributed by atoms with Crippen LogP contribution in [0, 0.1) is 0 Å². The van der Waals surface area contributed by atoms with E-state index in [1.54, 1.807) is 6.07 Å². The molecule has 0 saturated carbocycles. The molecule has 0 spiro atoms. The first kappa shape index (κ1) is 18.3. The van der Waals surface area contributed by atoms with E-state index in [-0.39, 0.29) is 22.9 Å². The number of carboxylic acid groups (broad SMARTS) is 1. The summed E-state index contributed by atoms with van der Waals surface area (Å²) in [6.45, 7) is 4.11. The van der Waals surface area contributed by atoms with Gasteiger partial charge in [-0.25, -0.2) is 4.79 Å². The summed E-state index contributed by atoms with van der Waals surface area (Å²) < 4.78 is 5.16. The van der Waals surface area contributed by atoms with Gasteiger partial charge in [0, 0.05) is 13.1 Å². The molecule has 0 aliphatic carbocycles. The van der Waals surface area contributed by atoms with Crippen LogP contribution in [0.3, 0.4) is 0 Å². The predicted octanol–water partition coefficient (Wildman–Crippen LogP) is 3.49. The number of ether oxygens (including phenoxy) is 1. The van der Waals surface area contributed by atoms with Gasteiger partial charge >= 0.3 is 5.97 Å². The molecule has 0 fully saturated rings. The lowest BCUT2D eigenvalue weighted by molar-refractivity contribution is 0.0693. The molecular formula is C19H22N2O4. The van der Waals surface area contributed by atoms with Crippen LogP contribution in [-0.2, 0) is 0 Å². The van der Waals surface area contributed by atoms with Gasteiger partial charge in [-0.2, -0.15) is 0 Å². The number of carbonyl (C=O) groups excluding carboxylic acids is 1. The minimum absolute atomic E-state index is 0.0437. The minimum Gasteiger partial charge on any atom is -0.495 e. The van der Waals surface area contributed by atoms with Gasteiger partial charge in [0.1, 0.15) is 11.3 Å². The molecule has 0 saturated heterocycles. The van der Waals surface area contributed by atoms with Crippen LogP contribution < -0.4 is 15.0 Å². The third-order valence-electron chi connectivity index (χ3n) is 4.00. The summed E-state index contributed by atoms with van der Waals surface area (Å²) in [6, 6.07) is 12.2. The summed E-state index contributed by atoms with van der Waals surface area (Å²) in [6.07, 6.45) is 0. The highest BCUT2D eigenvalue weighted by atomic mass is 16.5. The lowest BCUT2D eigenvalue weighted by Crippen LogP contribution is -2.27. The highest BCUT2D eigenvalue weighted by molar-refractivity contribution is 6.09. The summed E-state index contributed by atoms with van der Waals surface area (Å²) in [4.78, 5) is 26.1. The Morgan fingerprint density at radius 3 is 2.32 bits per heavy atom. The fraction of sp³-hybridized carbons (Fsp3) is 0.263. The Morgan fingerprint density at radius 2 is 1.72 bits per heavy atom. The number of hydrogen-bond donors (Lipinski definition) is 2. The molecule has 25 heavy (non-hydrogen) atoms. The van der Waals surface area contributed by atoms with Crippen LogP contribution in [0.1, 0.15) is 34.6 Å². The first-order valence-corrected chi connectivity index (χ1v) is 7.90. The van der Waals surface area contributed by atoms with Gasteiger partial charge in [0.15, 0.2) is 0 Å². The molecule has 2 rings (SSSR count). The van der Waals surface area contributed by atoms with Gasteiger partial charge < -0.3 is 20.1 Å². The molecule has 0 aromatic heterocycles. The van der Waals surface area contributed by atoms with E-state index in [0.717, 1.165) is 5.69 Å². The highest BCUT2D eigenvalue weighted by Crippen LogP contribution is 2.29. The molecular weight excluding hydrogens is 320 g/mol. The zero-order chi connectivity index (χ0) is 18.6. The van der Waals surface area contributed by atoms with E-state index in [9.17, 15) is 14.7 Å². The molecule has 0 bridgehead atoms. The number of carbonyl (C=O) groups is 2. The molecule has 1 amide bonds. The van der Waals surface area contributed by atoms with E-state index < -0.39 is 11.9 Å². The van der Waals surface area contributed by atoms with Crippen molar-refractivity contribution in [3.63, 3.8) is 0 Å². The van der Waals surface area contributed by atoms with Crippen molar-refractivity contribution in [2.75, 3.05) is 24.4 Å². The maximum Gasteiger partial charge on any atom is 0.339 e. The number of hydrogen-bond acceptors (Lipinski definition) is 4. The van der Waals surface area contributed by atoms with Gasteiger partial charge in [0.25, 0.3) is 5.91 Å². The van der Waals surface area contributed by atoms with Gasteiger partial charge in [-0.15, -0.1) is 0 Å². The molecule has 0 aliphatic rings. The van der Waals surface area contributed by atoms with Crippen molar-refractivity contribution in [2.24, 2.45) is 0 Å². The molecule has 132 valence electrons. The smallest absolute Gasteiger partial charge is 0.339 e. The number of nitrogens with one attached hydrogen (secondary N) is 1. The molecule has 0 radical (unpaired) electrons. The number of rotatable bonds is 6. The number of anilines is 2. The zero-order valence-corrected chi connectivity index (χ0v) is 14.7.